The Morgan fingerprint density at radius 1 is 1.19 bits per heavy atom. The maximum Gasteiger partial charge on any atom is 0.252 e. The first-order chi connectivity index (χ1) is 13.1. The molecular weight excluding hydrogens is 351 g/mol. The number of fused-ring (bicyclic) bond motifs is 1. The van der Waals surface area contributed by atoms with Gasteiger partial charge in [0.1, 0.15) is 11.6 Å². The predicted octanol–water partition coefficient (Wildman–Crippen LogP) is 1.43. The summed E-state index contributed by atoms with van der Waals surface area (Å²) in [5.41, 5.74) is 6.66. The number of aromatic nitrogens is 6. The van der Waals surface area contributed by atoms with Gasteiger partial charge >= 0.3 is 0 Å². The molecule has 0 aliphatic rings. The molecule has 0 spiro atoms. The van der Waals surface area contributed by atoms with Crippen LogP contribution in [0.3, 0.4) is 0 Å². The zero-order valence-corrected chi connectivity index (χ0v) is 13.9. The van der Waals surface area contributed by atoms with E-state index in [0.29, 0.717) is 23.8 Å². The van der Waals surface area contributed by atoms with E-state index in [2.05, 4.69) is 30.7 Å². The fourth-order valence-corrected chi connectivity index (χ4v) is 2.58. The Hall–Kier alpha value is -3.95. The van der Waals surface area contributed by atoms with Crippen molar-refractivity contribution >= 4 is 17.4 Å². The van der Waals surface area contributed by atoms with Crippen molar-refractivity contribution < 1.29 is 9.18 Å². The molecule has 4 aromatic rings. The van der Waals surface area contributed by atoms with E-state index in [1.165, 1.54) is 18.3 Å². The molecule has 0 bridgehead atoms. The van der Waals surface area contributed by atoms with Crippen molar-refractivity contribution in [3.8, 4) is 11.6 Å². The summed E-state index contributed by atoms with van der Waals surface area (Å²) in [6.45, 7) is 0.363. The number of rotatable bonds is 5. The Bertz CT molecular complexity index is 1140. The van der Waals surface area contributed by atoms with E-state index in [1.807, 2.05) is 0 Å². The lowest BCUT2D eigenvalue weighted by Crippen LogP contribution is -2.12. The Kier molecular flexibility index (Phi) is 4.13. The molecule has 1 aromatic carbocycles. The van der Waals surface area contributed by atoms with E-state index in [9.17, 15) is 9.18 Å². The third kappa shape index (κ3) is 3.27. The normalized spacial score (nSPS) is 10.9. The molecule has 1 amide bonds. The number of carbonyl (C=O) groups excluding carboxylic acids is 1. The molecule has 0 aliphatic heterocycles. The second kappa shape index (κ2) is 6.75. The number of benzene rings is 1. The number of amides is 1. The molecule has 0 aliphatic carbocycles. The number of pyridine rings is 1. The highest BCUT2D eigenvalue weighted by atomic mass is 19.1. The highest BCUT2D eigenvalue weighted by Gasteiger charge is 2.16. The first-order valence-corrected chi connectivity index (χ1v) is 7.94. The van der Waals surface area contributed by atoms with Gasteiger partial charge in [-0.3, -0.25) is 9.20 Å². The van der Waals surface area contributed by atoms with E-state index < -0.39 is 5.91 Å². The summed E-state index contributed by atoms with van der Waals surface area (Å²) in [4.78, 5) is 15.9. The Labute approximate surface area is 152 Å². The fourth-order valence-electron chi connectivity index (χ4n) is 2.58. The molecule has 3 heterocycles. The Morgan fingerprint density at radius 2 is 2.07 bits per heavy atom. The van der Waals surface area contributed by atoms with Crippen LogP contribution in [-0.2, 0) is 6.54 Å². The molecule has 3 aromatic heterocycles. The number of nitrogens with one attached hydrogen (secondary N) is 1. The Morgan fingerprint density at radius 3 is 2.89 bits per heavy atom. The average Bonchev–Trinajstić information content (AvgIpc) is 3.11. The van der Waals surface area contributed by atoms with Gasteiger partial charge in [0, 0.05) is 12.7 Å². The summed E-state index contributed by atoms with van der Waals surface area (Å²) in [6.07, 6.45) is 3.12. The predicted molar refractivity (Wildman–Crippen MR) is 94.1 cm³/mol. The zero-order chi connectivity index (χ0) is 18.8. The van der Waals surface area contributed by atoms with Crippen LogP contribution in [-0.4, -0.2) is 35.7 Å². The van der Waals surface area contributed by atoms with Crippen LogP contribution in [0.4, 0.5) is 10.2 Å². The van der Waals surface area contributed by atoms with E-state index in [-0.39, 0.29) is 17.2 Å². The molecule has 3 N–H and O–H groups in total. The summed E-state index contributed by atoms with van der Waals surface area (Å²) in [6, 6.07) is 9.45. The van der Waals surface area contributed by atoms with Gasteiger partial charge in [0.25, 0.3) is 5.91 Å². The summed E-state index contributed by atoms with van der Waals surface area (Å²) in [5.74, 6) is 0.0514. The lowest BCUT2D eigenvalue weighted by molar-refractivity contribution is 0.100. The fraction of sp³-hybridized carbons (Fsp3) is 0.0588. The van der Waals surface area contributed by atoms with Gasteiger partial charge in [0.15, 0.2) is 5.65 Å². The first kappa shape index (κ1) is 16.5. The van der Waals surface area contributed by atoms with Crippen LogP contribution in [0.15, 0.2) is 48.8 Å². The molecule has 10 heteroatoms. The SMILES string of the molecule is NC(=O)c1cccn2c(-c3nncc(NCc4cccc(F)c4)n3)nnc12. The molecule has 27 heavy (non-hydrogen) atoms. The standard InChI is InChI=1S/C17H13FN8O/c18-11-4-1-3-10(7-11)8-20-13-9-21-23-15(22-13)17-25-24-16-12(14(19)27)5-2-6-26(16)17/h1-7,9H,8H2,(H2,19,27)(H,20,22,23). The van der Waals surface area contributed by atoms with Crippen LogP contribution in [0, 0.1) is 5.82 Å². The summed E-state index contributed by atoms with van der Waals surface area (Å²) in [5, 5.41) is 19.0. The smallest absolute Gasteiger partial charge is 0.252 e. The summed E-state index contributed by atoms with van der Waals surface area (Å²) >= 11 is 0. The lowest BCUT2D eigenvalue weighted by atomic mass is 10.2. The van der Waals surface area contributed by atoms with Crippen molar-refractivity contribution in [1.82, 2.24) is 29.8 Å². The number of hydrogen-bond donors (Lipinski definition) is 2. The number of primary amides is 1. The molecule has 4 rings (SSSR count). The molecule has 0 radical (unpaired) electrons. The van der Waals surface area contributed by atoms with E-state index in [1.54, 1.807) is 34.9 Å². The van der Waals surface area contributed by atoms with Gasteiger partial charge in [-0.2, -0.15) is 5.10 Å². The van der Waals surface area contributed by atoms with Crippen molar-refractivity contribution in [2.45, 2.75) is 6.54 Å². The number of nitrogens with zero attached hydrogens (tertiary/aromatic N) is 6. The van der Waals surface area contributed by atoms with Gasteiger partial charge in [-0.15, -0.1) is 15.3 Å². The van der Waals surface area contributed by atoms with Gasteiger partial charge in [0.2, 0.25) is 11.6 Å². The van der Waals surface area contributed by atoms with E-state index >= 15 is 0 Å². The molecule has 0 atom stereocenters. The molecular formula is C17H13FN8O. The molecule has 0 saturated heterocycles. The van der Waals surface area contributed by atoms with Crippen LogP contribution in [0.5, 0.6) is 0 Å². The van der Waals surface area contributed by atoms with Crippen LogP contribution < -0.4 is 11.1 Å². The highest BCUT2D eigenvalue weighted by Crippen LogP contribution is 2.17. The number of nitrogens with two attached hydrogens (primary N) is 1. The van der Waals surface area contributed by atoms with Crippen molar-refractivity contribution in [2.75, 3.05) is 5.32 Å². The number of anilines is 1. The Balaban J connectivity index is 1.64. The highest BCUT2D eigenvalue weighted by molar-refractivity contribution is 5.98. The first-order valence-electron chi connectivity index (χ1n) is 7.94. The summed E-state index contributed by atoms with van der Waals surface area (Å²) < 4.78 is 14.8. The van der Waals surface area contributed by atoms with Gasteiger partial charge in [0.05, 0.1) is 11.8 Å². The van der Waals surface area contributed by atoms with Gasteiger partial charge in [-0.05, 0) is 29.8 Å². The zero-order valence-electron chi connectivity index (χ0n) is 13.9. The van der Waals surface area contributed by atoms with E-state index in [0.717, 1.165) is 5.56 Å². The van der Waals surface area contributed by atoms with Gasteiger partial charge in [-0.25, -0.2) is 9.37 Å². The van der Waals surface area contributed by atoms with Crippen molar-refractivity contribution in [3.05, 3.63) is 65.7 Å². The van der Waals surface area contributed by atoms with Crippen LogP contribution in [0.2, 0.25) is 0 Å². The number of carbonyl (C=O) groups is 1. The lowest BCUT2D eigenvalue weighted by Gasteiger charge is -2.06. The minimum Gasteiger partial charge on any atom is -0.365 e. The van der Waals surface area contributed by atoms with Gasteiger partial charge < -0.3 is 11.1 Å². The summed E-state index contributed by atoms with van der Waals surface area (Å²) in [7, 11) is 0. The van der Waals surface area contributed by atoms with Crippen molar-refractivity contribution in [2.24, 2.45) is 5.73 Å². The average molecular weight is 364 g/mol. The molecule has 9 nitrogen and oxygen atoms in total. The second-order valence-electron chi connectivity index (χ2n) is 5.65. The van der Waals surface area contributed by atoms with Crippen LogP contribution in [0.25, 0.3) is 17.3 Å². The largest absolute Gasteiger partial charge is 0.365 e. The molecule has 0 fully saturated rings. The van der Waals surface area contributed by atoms with Crippen molar-refractivity contribution in [1.29, 1.82) is 0 Å². The third-order valence-electron chi connectivity index (χ3n) is 3.82. The molecule has 134 valence electrons. The monoisotopic (exact) mass is 364 g/mol. The molecule has 0 saturated carbocycles. The quantitative estimate of drug-likeness (QED) is 0.549. The van der Waals surface area contributed by atoms with Crippen LogP contribution >= 0.6 is 0 Å². The number of halogens is 1. The number of hydrogen-bond acceptors (Lipinski definition) is 7. The van der Waals surface area contributed by atoms with Gasteiger partial charge in [-0.1, -0.05) is 12.1 Å². The maximum atomic E-state index is 13.3. The van der Waals surface area contributed by atoms with Crippen LogP contribution in [0.1, 0.15) is 15.9 Å². The third-order valence-corrected chi connectivity index (χ3v) is 3.82. The topological polar surface area (TPSA) is 124 Å². The van der Waals surface area contributed by atoms with Crippen molar-refractivity contribution in [3.63, 3.8) is 0 Å². The minimum absolute atomic E-state index is 0.216. The second-order valence-corrected chi connectivity index (χ2v) is 5.65. The van der Waals surface area contributed by atoms with E-state index in [4.69, 9.17) is 5.73 Å². The minimum atomic E-state index is -0.607. The molecule has 0 unspecified atom stereocenters. The maximum absolute atomic E-state index is 13.3.